The molecule has 1 N–H and O–H groups in total. The van der Waals surface area contributed by atoms with Gasteiger partial charge in [-0.2, -0.15) is 0 Å². The van der Waals surface area contributed by atoms with Crippen LogP contribution in [0.3, 0.4) is 0 Å². The highest BCUT2D eigenvalue weighted by Crippen LogP contribution is 2.27. The summed E-state index contributed by atoms with van der Waals surface area (Å²) in [4.78, 5) is 11.8. The number of hydrogen-bond donors (Lipinski definition) is 1. The minimum atomic E-state index is 0.118. The Labute approximate surface area is 136 Å². The second-order valence-electron chi connectivity index (χ2n) is 6.48. The van der Waals surface area contributed by atoms with E-state index in [1.54, 1.807) is 0 Å². The van der Waals surface area contributed by atoms with Gasteiger partial charge in [0, 0.05) is 19.0 Å². The highest BCUT2D eigenvalue weighted by Gasteiger charge is 2.24. The van der Waals surface area contributed by atoms with E-state index in [0.717, 1.165) is 42.7 Å². The normalized spacial score (nSPS) is 19.3. The first kappa shape index (κ1) is 15.8. The molecule has 2 aliphatic rings. The summed E-state index contributed by atoms with van der Waals surface area (Å²) in [6.45, 7) is 3.00. The van der Waals surface area contributed by atoms with Gasteiger partial charge in [-0.25, -0.2) is 0 Å². The molecule has 6 heteroatoms. The van der Waals surface area contributed by atoms with Crippen molar-refractivity contribution in [1.29, 1.82) is 0 Å². The van der Waals surface area contributed by atoms with E-state index in [1.807, 2.05) is 0 Å². The first-order valence-corrected chi connectivity index (χ1v) is 9.59. The topological polar surface area (TPSA) is 59.8 Å². The van der Waals surface area contributed by atoms with E-state index >= 15 is 0 Å². The van der Waals surface area contributed by atoms with Crippen LogP contribution in [0.1, 0.15) is 57.7 Å². The van der Waals surface area contributed by atoms with Gasteiger partial charge in [0.05, 0.1) is 5.75 Å². The Kier molecular flexibility index (Phi) is 5.39. The van der Waals surface area contributed by atoms with Crippen molar-refractivity contribution in [2.75, 3.05) is 5.75 Å². The second kappa shape index (κ2) is 7.49. The fraction of sp³-hybridized carbons (Fsp3) is 0.812. The number of thioether (sulfide) groups is 1. The number of carbonyl (C=O) groups excluding carboxylic acids is 1. The fourth-order valence-corrected chi connectivity index (χ4v) is 4.00. The zero-order valence-corrected chi connectivity index (χ0v) is 14.2. The lowest BCUT2D eigenvalue weighted by Gasteiger charge is -2.21. The van der Waals surface area contributed by atoms with Crippen LogP contribution in [0.4, 0.5) is 0 Å². The first-order valence-electron chi connectivity index (χ1n) is 8.60. The smallest absolute Gasteiger partial charge is 0.230 e. The number of hydrogen-bond acceptors (Lipinski definition) is 4. The standard InChI is InChI=1S/C16H26N4OS/c1-2-20-14(10-12-6-4-3-5-7-12)18-19-16(20)22-11-15(21)17-13-8-9-13/h12-13H,2-11H2,1H3,(H,17,21). The van der Waals surface area contributed by atoms with Crippen LogP contribution in [-0.4, -0.2) is 32.5 Å². The molecule has 2 aliphatic carbocycles. The van der Waals surface area contributed by atoms with Gasteiger partial charge in [-0.3, -0.25) is 4.79 Å². The van der Waals surface area contributed by atoms with E-state index in [-0.39, 0.29) is 5.91 Å². The van der Waals surface area contributed by atoms with Crippen molar-refractivity contribution in [1.82, 2.24) is 20.1 Å². The molecule has 1 aromatic heterocycles. The van der Waals surface area contributed by atoms with Crippen LogP contribution >= 0.6 is 11.8 Å². The van der Waals surface area contributed by atoms with Crippen molar-refractivity contribution < 1.29 is 4.79 Å². The van der Waals surface area contributed by atoms with Gasteiger partial charge in [0.15, 0.2) is 5.16 Å². The minimum absolute atomic E-state index is 0.118. The molecule has 0 spiro atoms. The summed E-state index contributed by atoms with van der Waals surface area (Å²) in [6, 6.07) is 0.430. The maximum Gasteiger partial charge on any atom is 0.230 e. The summed E-state index contributed by atoms with van der Waals surface area (Å²) in [5.74, 6) is 2.42. The third kappa shape index (κ3) is 4.24. The summed E-state index contributed by atoms with van der Waals surface area (Å²) in [5, 5.41) is 12.6. The molecule has 2 fully saturated rings. The van der Waals surface area contributed by atoms with Crippen molar-refractivity contribution in [2.45, 2.75) is 76.0 Å². The number of nitrogens with one attached hydrogen (secondary N) is 1. The van der Waals surface area contributed by atoms with E-state index in [9.17, 15) is 4.79 Å². The first-order chi connectivity index (χ1) is 10.8. The average Bonchev–Trinajstić information content (AvgIpc) is 3.26. The minimum Gasteiger partial charge on any atom is -0.353 e. The van der Waals surface area contributed by atoms with Crippen LogP contribution in [0.5, 0.6) is 0 Å². The predicted octanol–water partition coefficient (Wildman–Crippen LogP) is 2.79. The van der Waals surface area contributed by atoms with Crippen LogP contribution in [0, 0.1) is 5.92 Å². The SMILES string of the molecule is CCn1c(CC2CCCCC2)nnc1SCC(=O)NC1CC1. The molecular weight excluding hydrogens is 296 g/mol. The molecule has 0 radical (unpaired) electrons. The molecule has 122 valence electrons. The summed E-state index contributed by atoms with van der Waals surface area (Å²) in [7, 11) is 0. The zero-order chi connectivity index (χ0) is 15.4. The van der Waals surface area contributed by atoms with Gasteiger partial charge in [0.25, 0.3) is 0 Å². The van der Waals surface area contributed by atoms with Gasteiger partial charge in [0.2, 0.25) is 5.91 Å². The molecule has 22 heavy (non-hydrogen) atoms. The van der Waals surface area contributed by atoms with Crippen LogP contribution in [0.15, 0.2) is 5.16 Å². The van der Waals surface area contributed by atoms with Crippen LogP contribution in [0.2, 0.25) is 0 Å². The number of aromatic nitrogens is 3. The molecular formula is C16H26N4OS. The highest BCUT2D eigenvalue weighted by atomic mass is 32.2. The Morgan fingerprint density at radius 3 is 2.68 bits per heavy atom. The molecule has 2 saturated carbocycles. The predicted molar refractivity (Wildman–Crippen MR) is 87.9 cm³/mol. The molecule has 1 amide bonds. The quantitative estimate of drug-likeness (QED) is 0.784. The molecule has 0 bridgehead atoms. The lowest BCUT2D eigenvalue weighted by molar-refractivity contribution is -0.118. The fourth-order valence-electron chi connectivity index (χ4n) is 3.17. The van der Waals surface area contributed by atoms with E-state index in [4.69, 9.17) is 0 Å². The monoisotopic (exact) mass is 322 g/mol. The molecule has 5 nitrogen and oxygen atoms in total. The van der Waals surface area contributed by atoms with Gasteiger partial charge in [-0.05, 0) is 25.7 Å². The lowest BCUT2D eigenvalue weighted by Crippen LogP contribution is -2.27. The molecule has 0 unspecified atom stereocenters. The molecule has 0 aromatic carbocycles. The van der Waals surface area contributed by atoms with Crippen LogP contribution in [-0.2, 0) is 17.8 Å². The lowest BCUT2D eigenvalue weighted by atomic mass is 9.87. The Morgan fingerprint density at radius 1 is 1.23 bits per heavy atom. The van der Waals surface area contributed by atoms with Crippen molar-refractivity contribution in [3.8, 4) is 0 Å². The third-order valence-corrected chi connectivity index (χ3v) is 5.55. The number of amides is 1. The van der Waals surface area contributed by atoms with Crippen molar-refractivity contribution >= 4 is 17.7 Å². The molecule has 1 heterocycles. The number of carbonyl (C=O) groups is 1. The zero-order valence-electron chi connectivity index (χ0n) is 13.4. The van der Waals surface area contributed by atoms with E-state index in [2.05, 4.69) is 27.0 Å². The highest BCUT2D eigenvalue weighted by molar-refractivity contribution is 7.99. The summed E-state index contributed by atoms with van der Waals surface area (Å²) in [6.07, 6.45) is 10.0. The van der Waals surface area contributed by atoms with E-state index in [1.165, 1.54) is 43.9 Å². The molecule has 0 atom stereocenters. The van der Waals surface area contributed by atoms with Crippen molar-refractivity contribution in [3.05, 3.63) is 5.82 Å². The number of nitrogens with zero attached hydrogens (tertiary/aromatic N) is 3. The van der Waals surface area contributed by atoms with Crippen LogP contribution < -0.4 is 5.32 Å². The van der Waals surface area contributed by atoms with E-state index in [0.29, 0.717) is 11.8 Å². The van der Waals surface area contributed by atoms with Crippen LogP contribution in [0.25, 0.3) is 0 Å². The largest absolute Gasteiger partial charge is 0.353 e. The number of rotatable bonds is 7. The van der Waals surface area contributed by atoms with Gasteiger partial charge >= 0.3 is 0 Å². The maximum atomic E-state index is 11.8. The van der Waals surface area contributed by atoms with E-state index < -0.39 is 0 Å². The maximum absolute atomic E-state index is 11.8. The molecule has 0 saturated heterocycles. The molecule has 0 aliphatic heterocycles. The summed E-state index contributed by atoms with van der Waals surface area (Å²) in [5.41, 5.74) is 0. The Balaban J connectivity index is 1.55. The van der Waals surface area contributed by atoms with Crippen molar-refractivity contribution in [2.24, 2.45) is 5.92 Å². The third-order valence-electron chi connectivity index (χ3n) is 4.58. The molecule has 1 aromatic rings. The average molecular weight is 322 g/mol. The van der Waals surface area contributed by atoms with Gasteiger partial charge in [0.1, 0.15) is 5.82 Å². The second-order valence-corrected chi connectivity index (χ2v) is 7.42. The summed E-state index contributed by atoms with van der Waals surface area (Å²) >= 11 is 1.51. The van der Waals surface area contributed by atoms with Gasteiger partial charge in [-0.15, -0.1) is 10.2 Å². The van der Waals surface area contributed by atoms with Crippen molar-refractivity contribution in [3.63, 3.8) is 0 Å². The molecule has 3 rings (SSSR count). The summed E-state index contributed by atoms with van der Waals surface area (Å²) < 4.78 is 2.18. The Hall–Kier alpha value is -1.04. The van der Waals surface area contributed by atoms with Gasteiger partial charge in [-0.1, -0.05) is 43.9 Å². The Bertz CT molecular complexity index is 506. The Morgan fingerprint density at radius 2 is 2.00 bits per heavy atom. The van der Waals surface area contributed by atoms with Gasteiger partial charge < -0.3 is 9.88 Å².